The fraction of sp³-hybridized carbons (Fsp3) is 0.143. The van der Waals surface area contributed by atoms with E-state index in [-0.39, 0.29) is 0 Å². The third kappa shape index (κ3) is 2.53. The van der Waals surface area contributed by atoms with Crippen molar-refractivity contribution in [2.24, 2.45) is 0 Å². The quantitative estimate of drug-likeness (QED) is 0.299. The van der Waals surface area contributed by atoms with E-state index in [2.05, 4.69) is 91.2 Å². The zero-order valence-electron chi connectivity index (χ0n) is 17.8. The Morgan fingerprint density at radius 3 is 2.10 bits per heavy atom. The minimum atomic E-state index is 0.987. The first-order chi connectivity index (χ1) is 15.3. The molecule has 3 nitrogen and oxygen atoms in total. The summed E-state index contributed by atoms with van der Waals surface area (Å²) in [4.78, 5) is 9.90. The van der Waals surface area contributed by atoms with Crippen molar-refractivity contribution in [2.75, 3.05) is 0 Å². The smallest absolute Gasteiger partial charge is 0.145 e. The van der Waals surface area contributed by atoms with Crippen LogP contribution in [0.1, 0.15) is 25.0 Å². The van der Waals surface area contributed by atoms with Crippen molar-refractivity contribution in [3.05, 3.63) is 90.3 Å². The minimum Gasteiger partial charge on any atom is -0.289 e. The number of hydrogen-bond donors (Lipinski definition) is 0. The number of aromatic nitrogens is 3. The van der Waals surface area contributed by atoms with Gasteiger partial charge in [0.15, 0.2) is 0 Å². The van der Waals surface area contributed by atoms with E-state index >= 15 is 0 Å². The van der Waals surface area contributed by atoms with E-state index < -0.39 is 0 Å². The number of pyridine rings is 2. The second-order valence-electron chi connectivity index (χ2n) is 8.05. The molecule has 6 aromatic rings. The molecular weight excluding hydrogens is 378 g/mol. The molecule has 0 saturated heterocycles. The monoisotopic (exact) mass is 401 g/mol. The standard InChI is InChI=1S/C28H23N3/c1-3-18-11-9-12-19(4-2)25(18)24-17-30-28-23-15-8-7-14-22(23)26-27(31(24)28)21-13-6-5-10-20(21)16-29-26/h5-17H,3-4H2,1-2H3. The van der Waals surface area contributed by atoms with Crippen LogP contribution in [0.25, 0.3) is 49.5 Å². The summed E-state index contributed by atoms with van der Waals surface area (Å²) in [7, 11) is 0. The maximum atomic E-state index is 4.97. The fourth-order valence-electron chi connectivity index (χ4n) is 4.97. The number of hydrogen-bond acceptors (Lipinski definition) is 2. The van der Waals surface area contributed by atoms with Gasteiger partial charge in [0, 0.05) is 33.3 Å². The van der Waals surface area contributed by atoms with Crippen molar-refractivity contribution in [3.8, 4) is 11.3 Å². The van der Waals surface area contributed by atoms with E-state index in [1.165, 1.54) is 22.1 Å². The van der Waals surface area contributed by atoms with Crippen molar-refractivity contribution in [1.29, 1.82) is 0 Å². The average molecular weight is 402 g/mol. The Morgan fingerprint density at radius 1 is 0.677 bits per heavy atom. The van der Waals surface area contributed by atoms with Gasteiger partial charge in [0.1, 0.15) is 5.65 Å². The molecule has 150 valence electrons. The van der Waals surface area contributed by atoms with Gasteiger partial charge < -0.3 is 0 Å². The van der Waals surface area contributed by atoms with E-state index in [9.17, 15) is 0 Å². The first-order valence-corrected chi connectivity index (χ1v) is 11.0. The number of nitrogens with zero attached hydrogens (tertiary/aromatic N) is 3. The molecule has 31 heavy (non-hydrogen) atoms. The third-order valence-electron chi connectivity index (χ3n) is 6.44. The van der Waals surface area contributed by atoms with Gasteiger partial charge in [-0.05, 0) is 24.0 Å². The van der Waals surface area contributed by atoms with Crippen LogP contribution in [-0.4, -0.2) is 14.4 Å². The van der Waals surface area contributed by atoms with E-state index in [1.807, 2.05) is 6.20 Å². The van der Waals surface area contributed by atoms with Gasteiger partial charge in [0.05, 0.1) is 22.9 Å². The van der Waals surface area contributed by atoms with Crippen molar-refractivity contribution >= 4 is 38.2 Å². The van der Waals surface area contributed by atoms with Gasteiger partial charge in [-0.2, -0.15) is 0 Å². The highest BCUT2D eigenvalue weighted by atomic mass is 15.0. The Morgan fingerprint density at radius 2 is 1.35 bits per heavy atom. The molecule has 3 heteroatoms. The summed E-state index contributed by atoms with van der Waals surface area (Å²) in [5.74, 6) is 0. The molecule has 0 amide bonds. The summed E-state index contributed by atoms with van der Waals surface area (Å²) in [6.07, 6.45) is 6.02. The molecular formula is C28H23N3. The predicted octanol–water partition coefficient (Wildman–Crippen LogP) is 6.98. The number of imidazole rings is 1. The highest BCUT2D eigenvalue weighted by molar-refractivity contribution is 6.17. The highest BCUT2D eigenvalue weighted by Crippen LogP contribution is 2.37. The van der Waals surface area contributed by atoms with Crippen LogP contribution in [0.15, 0.2) is 79.1 Å². The molecule has 0 aliphatic carbocycles. The number of rotatable bonds is 3. The third-order valence-corrected chi connectivity index (χ3v) is 6.44. The zero-order chi connectivity index (χ0) is 20.9. The van der Waals surface area contributed by atoms with Gasteiger partial charge in [0.25, 0.3) is 0 Å². The Balaban J connectivity index is 1.91. The SMILES string of the molecule is CCc1cccc(CC)c1-c1cnc2c3ccccc3c3ncc4ccccc4c3n12. The normalized spacial score (nSPS) is 11.8. The number of aryl methyl sites for hydroxylation is 2. The first-order valence-electron chi connectivity index (χ1n) is 11.0. The Hall–Kier alpha value is -3.72. The molecule has 0 aliphatic heterocycles. The Kier molecular flexibility index (Phi) is 4.03. The lowest BCUT2D eigenvalue weighted by Gasteiger charge is -2.16. The van der Waals surface area contributed by atoms with E-state index in [1.54, 1.807) is 0 Å². The molecule has 0 N–H and O–H groups in total. The maximum absolute atomic E-state index is 4.97. The molecule has 3 heterocycles. The van der Waals surface area contributed by atoms with Crippen LogP contribution in [0.2, 0.25) is 0 Å². The van der Waals surface area contributed by atoms with Gasteiger partial charge in [-0.15, -0.1) is 0 Å². The fourth-order valence-corrected chi connectivity index (χ4v) is 4.97. The minimum absolute atomic E-state index is 0.987. The predicted molar refractivity (Wildman–Crippen MR) is 130 cm³/mol. The Bertz CT molecular complexity index is 1590. The second kappa shape index (κ2) is 6.92. The van der Waals surface area contributed by atoms with Crippen LogP contribution in [0.4, 0.5) is 0 Å². The van der Waals surface area contributed by atoms with Crippen LogP contribution in [0, 0.1) is 0 Å². The van der Waals surface area contributed by atoms with Gasteiger partial charge in [-0.1, -0.05) is 80.6 Å². The van der Waals surface area contributed by atoms with Crippen molar-refractivity contribution in [1.82, 2.24) is 14.4 Å². The van der Waals surface area contributed by atoms with Crippen LogP contribution >= 0.6 is 0 Å². The largest absolute Gasteiger partial charge is 0.289 e. The van der Waals surface area contributed by atoms with E-state index in [0.717, 1.165) is 51.4 Å². The van der Waals surface area contributed by atoms with E-state index in [4.69, 9.17) is 9.97 Å². The first kappa shape index (κ1) is 18.1. The summed E-state index contributed by atoms with van der Waals surface area (Å²) >= 11 is 0. The lowest BCUT2D eigenvalue weighted by Crippen LogP contribution is -2.00. The Labute approximate surface area is 181 Å². The summed E-state index contributed by atoms with van der Waals surface area (Å²) < 4.78 is 2.35. The van der Waals surface area contributed by atoms with Crippen molar-refractivity contribution in [2.45, 2.75) is 26.7 Å². The lowest BCUT2D eigenvalue weighted by molar-refractivity contribution is 1.08. The van der Waals surface area contributed by atoms with Gasteiger partial charge >= 0.3 is 0 Å². The van der Waals surface area contributed by atoms with Gasteiger partial charge in [-0.3, -0.25) is 9.38 Å². The number of benzene rings is 3. The average Bonchev–Trinajstić information content (AvgIpc) is 3.28. The summed E-state index contributed by atoms with van der Waals surface area (Å²) in [5.41, 5.74) is 8.32. The summed E-state index contributed by atoms with van der Waals surface area (Å²) in [6, 6.07) is 23.7. The van der Waals surface area contributed by atoms with Crippen LogP contribution in [0.5, 0.6) is 0 Å². The molecule has 0 fully saturated rings. The molecule has 0 radical (unpaired) electrons. The molecule has 0 atom stereocenters. The molecule has 3 aromatic heterocycles. The van der Waals surface area contributed by atoms with Gasteiger partial charge in [0.2, 0.25) is 0 Å². The number of fused-ring (bicyclic) bond motifs is 8. The molecule has 6 rings (SSSR count). The highest BCUT2D eigenvalue weighted by Gasteiger charge is 2.19. The molecule has 0 saturated carbocycles. The van der Waals surface area contributed by atoms with Crippen LogP contribution in [0.3, 0.4) is 0 Å². The summed E-state index contributed by atoms with van der Waals surface area (Å²) in [5, 5.41) is 4.63. The molecule has 0 unspecified atom stereocenters. The van der Waals surface area contributed by atoms with Crippen LogP contribution in [-0.2, 0) is 12.8 Å². The topological polar surface area (TPSA) is 30.2 Å². The van der Waals surface area contributed by atoms with E-state index in [0.29, 0.717) is 0 Å². The lowest BCUT2D eigenvalue weighted by atomic mass is 9.95. The van der Waals surface area contributed by atoms with Crippen molar-refractivity contribution in [3.63, 3.8) is 0 Å². The summed E-state index contributed by atoms with van der Waals surface area (Å²) in [6.45, 7) is 4.46. The van der Waals surface area contributed by atoms with Crippen LogP contribution < -0.4 is 0 Å². The molecule has 3 aromatic carbocycles. The zero-order valence-corrected chi connectivity index (χ0v) is 17.8. The van der Waals surface area contributed by atoms with Gasteiger partial charge in [-0.25, -0.2) is 4.98 Å². The molecule has 0 bridgehead atoms. The molecule has 0 aliphatic rings. The molecule has 0 spiro atoms. The maximum Gasteiger partial charge on any atom is 0.145 e. The second-order valence-corrected chi connectivity index (χ2v) is 8.05. The van der Waals surface area contributed by atoms with Crippen molar-refractivity contribution < 1.29 is 0 Å².